The van der Waals surface area contributed by atoms with Gasteiger partial charge in [-0.05, 0) is 37.3 Å². The van der Waals surface area contributed by atoms with Gasteiger partial charge in [-0.2, -0.15) is 13.2 Å². The van der Waals surface area contributed by atoms with Crippen LogP contribution in [-0.2, 0) is 25.7 Å². The number of nitrogens with zero attached hydrogens (tertiary/aromatic N) is 1. The van der Waals surface area contributed by atoms with Crippen molar-refractivity contribution in [2.24, 2.45) is 0 Å². The second-order valence-electron chi connectivity index (χ2n) is 6.33. The van der Waals surface area contributed by atoms with Crippen LogP contribution in [0.5, 0.6) is 0 Å². The first-order valence-electron chi connectivity index (χ1n) is 8.68. The summed E-state index contributed by atoms with van der Waals surface area (Å²) in [7, 11) is -2.92. The number of carbonyl (C=O) groups excluding carboxylic acids is 1. The second kappa shape index (κ2) is 9.67. The molecule has 1 amide bonds. The molecule has 11 heteroatoms. The van der Waals surface area contributed by atoms with Crippen LogP contribution in [0.3, 0.4) is 0 Å². The van der Waals surface area contributed by atoms with Crippen LogP contribution < -0.4 is 9.62 Å². The predicted octanol–water partition coefficient (Wildman–Crippen LogP) is 3.63. The number of halogens is 4. The maximum atomic E-state index is 13.3. The lowest BCUT2D eigenvalue weighted by molar-refractivity contribution is -0.137. The van der Waals surface area contributed by atoms with Gasteiger partial charge in [0.2, 0.25) is 5.91 Å². The van der Waals surface area contributed by atoms with E-state index in [1.54, 1.807) is 19.1 Å². The fraction of sp³-hybridized carbons (Fsp3) is 0.316. The van der Waals surface area contributed by atoms with Crippen LogP contribution in [0.2, 0.25) is 5.02 Å². The zero-order chi connectivity index (χ0) is 22.5. The summed E-state index contributed by atoms with van der Waals surface area (Å²) in [5, 5.41) is 1.87. The Labute approximate surface area is 177 Å². The fourth-order valence-corrected chi connectivity index (χ4v) is 4.15. The van der Waals surface area contributed by atoms with Crippen LogP contribution in [0.1, 0.15) is 11.1 Å². The Morgan fingerprint density at radius 3 is 2.37 bits per heavy atom. The molecular weight excluding hydrogens is 445 g/mol. The van der Waals surface area contributed by atoms with E-state index in [-0.39, 0.29) is 23.7 Å². The van der Waals surface area contributed by atoms with E-state index in [1.807, 2.05) is 0 Å². The minimum atomic E-state index is -4.80. The molecule has 0 bridgehead atoms. The van der Waals surface area contributed by atoms with E-state index in [0.717, 1.165) is 17.7 Å². The van der Waals surface area contributed by atoms with Gasteiger partial charge in [-0.15, -0.1) is 0 Å². The number of methoxy groups -OCH3 is 1. The predicted molar refractivity (Wildman–Crippen MR) is 107 cm³/mol. The normalized spacial score (nSPS) is 11.9. The maximum Gasteiger partial charge on any atom is 0.417 e. The van der Waals surface area contributed by atoms with E-state index >= 15 is 0 Å². The summed E-state index contributed by atoms with van der Waals surface area (Å²) >= 11 is 5.64. The van der Waals surface area contributed by atoms with Crippen molar-refractivity contribution < 1.29 is 31.1 Å². The van der Waals surface area contributed by atoms with E-state index in [1.165, 1.54) is 19.2 Å². The van der Waals surface area contributed by atoms with Gasteiger partial charge in [0.25, 0.3) is 10.0 Å². The molecule has 0 aliphatic carbocycles. The number of carbonyl (C=O) groups is 1. The summed E-state index contributed by atoms with van der Waals surface area (Å²) in [4.78, 5) is 12.1. The molecule has 0 unspecified atom stereocenters. The number of aryl methyl sites for hydroxylation is 1. The number of rotatable bonds is 8. The molecule has 0 atom stereocenters. The SMILES string of the molecule is COCCNC(=O)CN(c1ccc(Cl)c(C(F)(F)F)c1)S(=O)(=O)c1ccc(C)cc1. The van der Waals surface area contributed by atoms with Crippen LogP contribution in [0.4, 0.5) is 18.9 Å². The van der Waals surface area contributed by atoms with Crippen LogP contribution in [0.15, 0.2) is 47.4 Å². The Hall–Kier alpha value is -2.30. The number of nitrogens with one attached hydrogen (secondary N) is 1. The van der Waals surface area contributed by atoms with Gasteiger partial charge in [0.1, 0.15) is 6.54 Å². The number of hydrogen-bond acceptors (Lipinski definition) is 4. The van der Waals surface area contributed by atoms with Gasteiger partial charge in [0, 0.05) is 13.7 Å². The lowest BCUT2D eigenvalue weighted by Crippen LogP contribution is -2.41. The van der Waals surface area contributed by atoms with Crippen LogP contribution >= 0.6 is 11.6 Å². The van der Waals surface area contributed by atoms with Crippen molar-refractivity contribution in [2.45, 2.75) is 18.0 Å². The van der Waals surface area contributed by atoms with Crippen LogP contribution in [0.25, 0.3) is 0 Å². The number of ether oxygens (including phenoxy) is 1. The molecule has 0 spiro atoms. The molecule has 0 saturated carbocycles. The largest absolute Gasteiger partial charge is 0.417 e. The molecule has 0 aromatic heterocycles. The van der Waals surface area contributed by atoms with Gasteiger partial charge in [-0.3, -0.25) is 9.10 Å². The van der Waals surface area contributed by atoms with Gasteiger partial charge in [-0.25, -0.2) is 8.42 Å². The van der Waals surface area contributed by atoms with Crippen molar-refractivity contribution >= 4 is 33.2 Å². The molecule has 0 radical (unpaired) electrons. The second-order valence-corrected chi connectivity index (χ2v) is 8.60. The van der Waals surface area contributed by atoms with Crippen molar-refractivity contribution in [3.05, 3.63) is 58.6 Å². The third-order valence-corrected chi connectivity index (χ3v) is 6.19. The Bertz CT molecular complexity index is 996. The Morgan fingerprint density at radius 1 is 1.17 bits per heavy atom. The minimum absolute atomic E-state index is 0.113. The van der Waals surface area contributed by atoms with E-state index in [4.69, 9.17) is 16.3 Å². The Kier molecular flexibility index (Phi) is 7.73. The zero-order valence-electron chi connectivity index (χ0n) is 16.2. The van der Waals surface area contributed by atoms with E-state index < -0.39 is 39.2 Å². The van der Waals surface area contributed by atoms with Crippen LogP contribution in [0, 0.1) is 6.92 Å². The molecule has 0 fully saturated rings. The summed E-state index contributed by atoms with van der Waals surface area (Å²) in [5.41, 5.74) is -0.747. The van der Waals surface area contributed by atoms with Crippen molar-refractivity contribution in [1.29, 1.82) is 0 Å². The summed E-state index contributed by atoms with van der Waals surface area (Å²) in [6, 6.07) is 8.41. The fourth-order valence-electron chi connectivity index (χ4n) is 2.52. The minimum Gasteiger partial charge on any atom is -0.383 e. The number of sulfonamides is 1. The van der Waals surface area contributed by atoms with Gasteiger partial charge < -0.3 is 10.1 Å². The van der Waals surface area contributed by atoms with E-state index in [0.29, 0.717) is 10.4 Å². The quantitative estimate of drug-likeness (QED) is 0.605. The first-order valence-corrected chi connectivity index (χ1v) is 10.5. The van der Waals surface area contributed by atoms with E-state index in [2.05, 4.69) is 5.32 Å². The Morgan fingerprint density at radius 2 is 1.80 bits per heavy atom. The van der Waals surface area contributed by atoms with Crippen molar-refractivity contribution in [3.8, 4) is 0 Å². The summed E-state index contributed by atoms with van der Waals surface area (Å²) in [5.74, 6) is -0.703. The topological polar surface area (TPSA) is 75.7 Å². The van der Waals surface area contributed by atoms with Crippen molar-refractivity contribution in [2.75, 3.05) is 31.1 Å². The molecule has 0 heterocycles. The molecule has 2 aromatic carbocycles. The molecule has 0 aliphatic rings. The molecule has 2 aromatic rings. The lowest BCUT2D eigenvalue weighted by atomic mass is 10.2. The van der Waals surface area contributed by atoms with Crippen LogP contribution in [-0.4, -0.2) is 41.1 Å². The number of anilines is 1. The third-order valence-electron chi connectivity index (χ3n) is 4.07. The molecule has 30 heavy (non-hydrogen) atoms. The van der Waals surface area contributed by atoms with Gasteiger partial charge in [0.05, 0.1) is 27.8 Å². The maximum absolute atomic E-state index is 13.3. The highest BCUT2D eigenvalue weighted by Crippen LogP contribution is 2.38. The highest BCUT2D eigenvalue weighted by molar-refractivity contribution is 7.92. The summed E-state index contributed by atoms with van der Waals surface area (Å²) < 4.78 is 71.6. The Balaban J connectivity index is 2.51. The average molecular weight is 465 g/mol. The van der Waals surface area contributed by atoms with Gasteiger partial charge >= 0.3 is 6.18 Å². The zero-order valence-corrected chi connectivity index (χ0v) is 17.7. The smallest absolute Gasteiger partial charge is 0.383 e. The highest BCUT2D eigenvalue weighted by atomic mass is 35.5. The van der Waals surface area contributed by atoms with Crippen molar-refractivity contribution in [3.63, 3.8) is 0 Å². The standard InChI is InChI=1S/C19H20ClF3N2O4S/c1-13-3-6-15(7-4-13)30(27,28)25(12-18(26)24-9-10-29-2)14-5-8-17(20)16(11-14)19(21,22)23/h3-8,11H,9-10,12H2,1-2H3,(H,24,26). The molecule has 2 rings (SSSR count). The first kappa shape index (κ1) is 24.0. The average Bonchev–Trinajstić information content (AvgIpc) is 2.66. The third kappa shape index (κ3) is 5.87. The number of benzene rings is 2. The summed E-state index contributed by atoms with van der Waals surface area (Å²) in [6.45, 7) is 1.34. The van der Waals surface area contributed by atoms with Crippen molar-refractivity contribution in [1.82, 2.24) is 5.32 Å². The van der Waals surface area contributed by atoms with Gasteiger partial charge in [0.15, 0.2) is 0 Å². The highest BCUT2D eigenvalue weighted by Gasteiger charge is 2.35. The number of alkyl halides is 3. The molecule has 0 aliphatic heterocycles. The molecule has 6 nitrogen and oxygen atoms in total. The molecular formula is C19H20ClF3N2O4S. The first-order chi connectivity index (χ1) is 14.0. The van der Waals surface area contributed by atoms with E-state index in [9.17, 15) is 26.4 Å². The molecule has 164 valence electrons. The monoisotopic (exact) mass is 464 g/mol. The van der Waals surface area contributed by atoms with Gasteiger partial charge in [-0.1, -0.05) is 29.3 Å². The number of hydrogen-bond donors (Lipinski definition) is 1. The molecule has 1 N–H and O–H groups in total. The number of amides is 1. The summed E-state index contributed by atoms with van der Waals surface area (Å²) in [6.07, 6.45) is -4.80. The lowest BCUT2D eigenvalue weighted by Gasteiger charge is -2.25. The molecule has 0 saturated heterocycles.